The molecule has 0 aliphatic carbocycles. The van der Waals surface area contributed by atoms with E-state index in [9.17, 15) is 0 Å². The van der Waals surface area contributed by atoms with Crippen LogP contribution in [0.2, 0.25) is 0 Å². The monoisotopic (exact) mass is 334 g/mol. The third-order valence-electron chi connectivity index (χ3n) is 4.91. The average Bonchev–Trinajstić information content (AvgIpc) is 2.60. The van der Waals surface area contributed by atoms with E-state index in [1.54, 1.807) is 0 Å². The summed E-state index contributed by atoms with van der Waals surface area (Å²) in [6.45, 7) is 7.79. The highest BCUT2D eigenvalue weighted by Gasteiger charge is 1.92. The number of hydrogen-bond donors (Lipinski definition) is 0. The number of rotatable bonds is 20. The quantitative estimate of drug-likeness (QED) is 0.154. The topological polar surface area (TPSA) is 0 Å². The van der Waals surface area contributed by atoms with Gasteiger partial charge in [-0.1, -0.05) is 129 Å². The van der Waals surface area contributed by atoms with E-state index < -0.39 is 0 Å². The molecule has 0 rings (SSSR count). The zero-order valence-corrected chi connectivity index (χ0v) is 16.7. The van der Waals surface area contributed by atoms with E-state index >= 15 is 0 Å². The first-order chi connectivity index (χ1) is 11.9. The zero-order valence-electron chi connectivity index (χ0n) is 16.7. The molecule has 142 valence electrons. The third-order valence-corrected chi connectivity index (χ3v) is 4.91. The van der Waals surface area contributed by atoms with Crippen LogP contribution in [0.1, 0.15) is 128 Å². The average molecular weight is 335 g/mol. The number of unbranched alkanes of at least 4 members (excludes halogenated alkanes) is 18. The van der Waals surface area contributed by atoms with Crippen LogP contribution in [0.4, 0.5) is 0 Å². The molecule has 0 N–H and O–H groups in total. The maximum Gasteiger partial charge on any atom is -0.0351 e. The Kier molecular flexibility index (Phi) is 22.5. The molecule has 0 saturated heterocycles. The lowest BCUT2D eigenvalue weighted by molar-refractivity contribution is 0.561. The maximum atomic E-state index is 3.90. The van der Waals surface area contributed by atoms with Crippen molar-refractivity contribution in [3.05, 3.63) is 26.0 Å². The van der Waals surface area contributed by atoms with E-state index in [2.05, 4.69) is 26.0 Å². The van der Waals surface area contributed by atoms with Crippen LogP contribution in [0.5, 0.6) is 0 Å². The van der Waals surface area contributed by atoms with E-state index in [4.69, 9.17) is 0 Å². The summed E-state index contributed by atoms with van der Waals surface area (Å²) in [5.74, 6) is 0. The first-order valence-corrected chi connectivity index (χ1v) is 11.1. The van der Waals surface area contributed by atoms with Crippen molar-refractivity contribution in [1.29, 1.82) is 0 Å². The molecule has 0 aliphatic rings. The fourth-order valence-electron chi connectivity index (χ4n) is 3.23. The van der Waals surface area contributed by atoms with Crippen molar-refractivity contribution in [1.82, 2.24) is 0 Å². The molecular weight excluding hydrogens is 288 g/mol. The van der Waals surface area contributed by atoms with Gasteiger partial charge >= 0.3 is 0 Å². The molecule has 0 heterocycles. The molecule has 0 aromatic rings. The summed E-state index contributed by atoms with van der Waals surface area (Å²) < 4.78 is 0. The largest absolute Gasteiger partial charge is 0.0885 e. The summed E-state index contributed by atoms with van der Waals surface area (Å²) in [5.41, 5.74) is 0. The van der Waals surface area contributed by atoms with E-state index in [-0.39, 0.29) is 0 Å². The lowest BCUT2D eigenvalue weighted by Gasteiger charge is -2.01. The molecular formula is C24H46. The Hall–Kier alpha value is -0.260. The first kappa shape index (κ1) is 23.7. The first-order valence-electron chi connectivity index (χ1n) is 11.1. The van der Waals surface area contributed by atoms with Crippen molar-refractivity contribution in [2.24, 2.45) is 0 Å². The molecule has 24 heavy (non-hydrogen) atoms. The van der Waals surface area contributed by atoms with Crippen molar-refractivity contribution >= 4 is 0 Å². The molecule has 0 aliphatic heterocycles. The Morgan fingerprint density at radius 1 is 0.333 bits per heavy atom. The second-order valence-electron chi connectivity index (χ2n) is 7.41. The summed E-state index contributed by atoms with van der Waals surface area (Å²) in [6.07, 6.45) is 32.2. The molecule has 2 radical (unpaired) electrons. The molecule has 0 bridgehead atoms. The van der Waals surface area contributed by atoms with Crippen LogP contribution in [0.25, 0.3) is 0 Å². The van der Waals surface area contributed by atoms with Gasteiger partial charge in [-0.05, 0) is 25.7 Å². The molecule has 0 unspecified atom stereocenters. The summed E-state index contributed by atoms with van der Waals surface area (Å²) in [5, 5.41) is 0. The lowest BCUT2D eigenvalue weighted by Crippen LogP contribution is -1.81. The van der Waals surface area contributed by atoms with Crippen molar-refractivity contribution < 1.29 is 0 Å². The molecule has 0 spiro atoms. The molecule has 0 saturated carbocycles. The molecule has 0 heteroatoms. The number of allylic oxidation sites excluding steroid dienone is 2. The second kappa shape index (κ2) is 22.7. The van der Waals surface area contributed by atoms with Gasteiger partial charge in [0, 0.05) is 0 Å². The van der Waals surface area contributed by atoms with Gasteiger partial charge in [0.25, 0.3) is 0 Å². The van der Waals surface area contributed by atoms with Gasteiger partial charge in [0.05, 0.1) is 0 Å². The minimum absolute atomic E-state index is 1.11. The van der Waals surface area contributed by atoms with Crippen LogP contribution in [0.3, 0.4) is 0 Å². The van der Waals surface area contributed by atoms with Crippen LogP contribution < -0.4 is 0 Å². The van der Waals surface area contributed by atoms with Crippen LogP contribution in [-0.4, -0.2) is 0 Å². The highest BCUT2D eigenvalue weighted by molar-refractivity contribution is 4.81. The Labute approximate surface area is 154 Å². The molecule has 0 fully saturated rings. The standard InChI is InChI=1S/C24H46/c1-3-5-7-9-11-13-15-17-19-21-23-24-22-20-18-16-14-12-10-8-6-4-2/h21,23H,1-20,22,24H2/b23-21+. The van der Waals surface area contributed by atoms with E-state index in [0.717, 1.165) is 12.8 Å². The van der Waals surface area contributed by atoms with Crippen LogP contribution >= 0.6 is 0 Å². The minimum Gasteiger partial charge on any atom is -0.0885 e. The summed E-state index contributed by atoms with van der Waals surface area (Å²) in [4.78, 5) is 0. The summed E-state index contributed by atoms with van der Waals surface area (Å²) in [6, 6.07) is 0. The van der Waals surface area contributed by atoms with Crippen LogP contribution in [-0.2, 0) is 0 Å². The zero-order chi connectivity index (χ0) is 17.6. The van der Waals surface area contributed by atoms with Gasteiger partial charge in [0.1, 0.15) is 0 Å². The molecule has 0 nitrogen and oxygen atoms in total. The Balaban J connectivity index is 3.03. The third kappa shape index (κ3) is 21.7. The fourth-order valence-corrected chi connectivity index (χ4v) is 3.23. The van der Waals surface area contributed by atoms with Gasteiger partial charge in [-0.2, -0.15) is 0 Å². The molecule has 0 amide bonds. The minimum atomic E-state index is 1.11. The summed E-state index contributed by atoms with van der Waals surface area (Å²) >= 11 is 0. The molecule has 0 atom stereocenters. The Bertz CT molecular complexity index is 228. The fraction of sp³-hybridized carbons (Fsp3) is 0.833. The molecule has 0 aromatic heterocycles. The predicted octanol–water partition coefficient (Wildman–Crippen LogP) is 9.01. The second-order valence-corrected chi connectivity index (χ2v) is 7.41. The highest BCUT2D eigenvalue weighted by atomic mass is 14.0. The van der Waals surface area contributed by atoms with Crippen LogP contribution in [0.15, 0.2) is 12.2 Å². The van der Waals surface area contributed by atoms with Crippen molar-refractivity contribution in [3.63, 3.8) is 0 Å². The highest BCUT2D eigenvalue weighted by Crippen LogP contribution is 2.12. The predicted molar refractivity (Wildman–Crippen MR) is 112 cm³/mol. The SMILES string of the molecule is [CH2]CCCCCCCCC/C=C/CCCCCCCCCCC[CH2]. The number of hydrogen-bond acceptors (Lipinski definition) is 0. The van der Waals surface area contributed by atoms with Crippen LogP contribution in [0, 0.1) is 13.8 Å². The molecule has 0 aromatic carbocycles. The smallest absolute Gasteiger partial charge is 0.0351 e. The van der Waals surface area contributed by atoms with Gasteiger partial charge in [0.2, 0.25) is 0 Å². The van der Waals surface area contributed by atoms with E-state index in [0.29, 0.717) is 0 Å². The normalized spacial score (nSPS) is 11.6. The Morgan fingerprint density at radius 2 is 0.583 bits per heavy atom. The van der Waals surface area contributed by atoms with Crippen molar-refractivity contribution in [2.75, 3.05) is 0 Å². The van der Waals surface area contributed by atoms with E-state index in [1.807, 2.05) is 0 Å². The van der Waals surface area contributed by atoms with Crippen molar-refractivity contribution in [3.8, 4) is 0 Å². The van der Waals surface area contributed by atoms with Gasteiger partial charge in [-0.3, -0.25) is 0 Å². The van der Waals surface area contributed by atoms with Gasteiger partial charge in [-0.25, -0.2) is 0 Å². The summed E-state index contributed by atoms with van der Waals surface area (Å²) in [7, 11) is 0. The lowest BCUT2D eigenvalue weighted by atomic mass is 10.1. The van der Waals surface area contributed by atoms with E-state index in [1.165, 1.54) is 116 Å². The van der Waals surface area contributed by atoms with Gasteiger partial charge in [-0.15, -0.1) is 0 Å². The maximum absolute atomic E-state index is 3.90. The Morgan fingerprint density at radius 3 is 0.875 bits per heavy atom. The van der Waals surface area contributed by atoms with Gasteiger partial charge < -0.3 is 0 Å². The van der Waals surface area contributed by atoms with Crippen molar-refractivity contribution in [2.45, 2.75) is 128 Å². The van der Waals surface area contributed by atoms with Gasteiger partial charge in [0.15, 0.2) is 0 Å².